The highest BCUT2D eigenvalue weighted by atomic mass is 35.5. The molecule has 1 unspecified atom stereocenters. The molecule has 26 heavy (non-hydrogen) atoms. The zero-order valence-electron chi connectivity index (χ0n) is 14.7. The van der Waals surface area contributed by atoms with Crippen LogP contribution in [0.3, 0.4) is 0 Å². The number of amides is 1. The number of rotatable bonds is 7. The maximum absolute atomic E-state index is 12.7. The molecule has 1 aromatic rings. The highest BCUT2D eigenvalue weighted by Gasteiger charge is 2.58. The van der Waals surface area contributed by atoms with Crippen LogP contribution < -0.4 is 5.32 Å². The van der Waals surface area contributed by atoms with Crippen LogP contribution in [0.15, 0.2) is 28.8 Å². The van der Waals surface area contributed by atoms with Crippen LogP contribution in [-0.4, -0.2) is 52.3 Å². The van der Waals surface area contributed by atoms with Crippen molar-refractivity contribution in [2.75, 3.05) is 20.1 Å². The summed E-state index contributed by atoms with van der Waals surface area (Å²) in [5, 5.41) is 13.3. The molecule has 2 N–H and O–H groups in total. The van der Waals surface area contributed by atoms with Gasteiger partial charge in [-0.3, -0.25) is 4.79 Å². The number of carbonyl (C=O) groups excluding carboxylic acids is 1. The Labute approximate surface area is 161 Å². The van der Waals surface area contributed by atoms with Gasteiger partial charge in [-0.1, -0.05) is 18.5 Å². The van der Waals surface area contributed by atoms with Gasteiger partial charge in [-0.25, -0.2) is 4.79 Å². The Kier molecular flexibility index (Phi) is 6.65. The van der Waals surface area contributed by atoms with E-state index in [0.29, 0.717) is 36.5 Å². The fourth-order valence-corrected chi connectivity index (χ4v) is 4.51. The molecule has 0 aliphatic carbocycles. The fraction of sp³-hybridized carbons (Fsp3) is 0.529. The normalized spacial score (nSPS) is 19.3. The van der Waals surface area contributed by atoms with Crippen LogP contribution in [0.25, 0.3) is 0 Å². The van der Waals surface area contributed by atoms with Gasteiger partial charge in [-0.2, -0.15) is 0 Å². The Balaban J connectivity index is 2.42. The molecule has 0 spiro atoms. The largest absolute Gasteiger partial charge is 0.479 e. The third-order valence-electron chi connectivity index (χ3n) is 5.11. The molecular weight excluding hydrogens is 378 g/mol. The number of aliphatic carboxylic acids is 1. The summed E-state index contributed by atoms with van der Waals surface area (Å²) in [4.78, 5) is 38.2. The molecule has 1 amide bonds. The van der Waals surface area contributed by atoms with Gasteiger partial charge in [0.25, 0.3) is 5.91 Å². The number of benzene rings is 1. The van der Waals surface area contributed by atoms with Crippen molar-refractivity contribution < 1.29 is 14.7 Å². The average molecular weight is 400 g/mol. The third kappa shape index (κ3) is 3.87. The van der Waals surface area contributed by atoms with Gasteiger partial charge in [0.1, 0.15) is 0 Å². The van der Waals surface area contributed by atoms with Gasteiger partial charge in [0, 0.05) is 27.1 Å². The van der Waals surface area contributed by atoms with E-state index in [9.17, 15) is 19.6 Å². The van der Waals surface area contributed by atoms with Crippen molar-refractivity contribution in [2.24, 2.45) is 4.58 Å². The summed E-state index contributed by atoms with van der Waals surface area (Å²) in [7, 11) is 1.93. The number of carboxylic acid groups (broad SMARTS) is 1. The first kappa shape index (κ1) is 20.7. The van der Waals surface area contributed by atoms with Crippen molar-refractivity contribution in [1.29, 1.82) is 0 Å². The second kappa shape index (κ2) is 8.37. The molecule has 0 bridgehead atoms. The van der Waals surface area contributed by atoms with Crippen molar-refractivity contribution in [3.05, 3.63) is 39.8 Å². The van der Waals surface area contributed by atoms with E-state index in [0.717, 1.165) is 11.9 Å². The molecule has 1 heterocycles. The maximum Gasteiger partial charge on any atom is 0.330 e. The summed E-state index contributed by atoms with van der Waals surface area (Å²) in [6.07, 6.45) is 0.996. The summed E-state index contributed by atoms with van der Waals surface area (Å²) in [5.74, 6) is -1.68. The van der Waals surface area contributed by atoms with Crippen molar-refractivity contribution >= 4 is 35.4 Å². The highest BCUT2D eigenvalue weighted by molar-refractivity contribution is 7.99. The first-order valence-electron chi connectivity index (χ1n) is 8.31. The fourth-order valence-electron chi connectivity index (χ4n) is 3.44. The van der Waals surface area contributed by atoms with E-state index in [2.05, 4.69) is 14.8 Å². The van der Waals surface area contributed by atoms with Gasteiger partial charge in [-0.05, 0) is 63.7 Å². The standard InChI is InChI=1S/C17H22ClN3O4S/c1-3-17(15(23)24,16(26-20-25)8-10-21(2)11-9-16)19-14(22)12-4-6-13(18)7-5-12/h4-7H,3,8-11H2,1-2H3,(H,19,22)(H,23,24). The predicted octanol–water partition coefficient (Wildman–Crippen LogP) is 3.18. The first-order chi connectivity index (χ1) is 12.3. The lowest BCUT2D eigenvalue weighted by Gasteiger charge is -2.49. The van der Waals surface area contributed by atoms with E-state index >= 15 is 0 Å². The Bertz CT molecular complexity index is 677. The van der Waals surface area contributed by atoms with Gasteiger partial charge < -0.3 is 15.3 Å². The van der Waals surface area contributed by atoms with E-state index in [-0.39, 0.29) is 6.42 Å². The van der Waals surface area contributed by atoms with Crippen LogP contribution in [0, 0.1) is 4.91 Å². The lowest BCUT2D eigenvalue weighted by molar-refractivity contribution is -0.147. The third-order valence-corrected chi connectivity index (χ3v) is 6.55. The topological polar surface area (TPSA) is 99.1 Å². The van der Waals surface area contributed by atoms with Crippen LogP contribution in [0.1, 0.15) is 36.5 Å². The molecule has 0 radical (unpaired) electrons. The number of nitrogens with one attached hydrogen (secondary N) is 1. The van der Waals surface area contributed by atoms with Crippen LogP contribution >= 0.6 is 23.5 Å². The monoisotopic (exact) mass is 399 g/mol. The Hall–Kier alpha value is -1.64. The Morgan fingerprint density at radius 1 is 1.35 bits per heavy atom. The van der Waals surface area contributed by atoms with Crippen LogP contribution in [-0.2, 0) is 4.79 Å². The number of carbonyl (C=O) groups is 2. The SMILES string of the molecule is CCC(NC(=O)c1ccc(Cl)cc1)(C(=O)O)C1(SN=O)CCN(C)CC1. The van der Waals surface area contributed by atoms with Crippen LogP contribution in [0.2, 0.25) is 5.02 Å². The summed E-state index contributed by atoms with van der Waals surface area (Å²) >= 11 is 6.57. The zero-order valence-corrected chi connectivity index (χ0v) is 16.3. The molecule has 142 valence electrons. The number of nitroso groups, excluding NO2 is 1. The Morgan fingerprint density at radius 3 is 2.38 bits per heavy atom. The second-order valence-corrected chi connectivity index (χ2v) is 8.04. The van der Waals surface area contributed by atoms with Crippen LogP contribution in [0.4, 0.5) is 0 Å². The number of carboxylic acids is 1. The van der Waals surface area contributed by atoms with E-state index in [1.165, 1.54) is 12.1 Å². The zero-order chi connectivity index (χ0) is 19.4. The molecule has 1 aliphatic heterocycles. The average Bonchev–Trinajstić information content (AvgIpc) is 2.62. The summed E-state index contributed by atoms with van der Waals surface area (Å²) in [5.41, 5.74) is -1.30. The van der Waals surface area contributed by atoms with Crippen LogP contribution in [0.5, 0.6) is 0 Å². The molecule has 1 saturated heterocycles. The van der Waals surface area contributed by atoms with Gasteiger partial charge >= 0.3 is 5.97 Å². The molecule has 0 aromatic heterocycles. The van der Waals surface area contributed by atoms with Crippen molar-refractivity contribution in [2.45, 2.75) is 36.5 Å². The summed E-state index contributed by atoms with van der Waals surface area (Å²) in [6.45, 7) is 2.93. The van der Waals surface area contributed by atoms with E-state index in [1.54, 1.807) is 19.1 Å². The van der Waals surface area contributed by atoms with E-state index in [4.69, 9.17) is 11.6 Å². The smallest absolute Gasteiger partial charge is 0.330 e. The molecule has 1 atom stereocenters. The molecule has 1 aromatic carbocycles. The molecule has 0 saturated carbocycles. The minimum Gasteiger partial charge on any atom is -0.479 e. The molecule has 1 fully saturated rings. The Morgan fingerprint density at radius 2 is 1.92 bits per heavy atom. The number of hydrogen-bond donors (Lipinski definition) is 2. The second-order valence-electron chi connectivity index (χ2n) is 6.49. The molecular formula is C17H22ClN3O4S. The van der Waals surface area contributed by atoms with Gasteiger partial charge in [-0.15, -0.1) is 4.91 Å². The van der Waals surface area contributed by atoms with Gasteiger partial charge in [0.15, 0.2) is 5.54 Å². The first-order valence-corrected chi connectivity index (χ1v) is 9.46. The summed E-state index contributed by atoms with van der Waals surface area (Å²) in [6, 6.07) is 6.20. The number of piperidine rings is 1. The van der Waals surface area contributed by atoms with Crippen molar-refractivity contribution in [3.8, 4) is 0 Å². The molecule has 7 nitrogen and oxygen atoms in total. The quantitative estimate of drug-likeness (QED) is 0.539. The minimum atomic E-state index is -1.61. The van der Waals surface area contributed by atoms with Crippen molar-refractivity contribution in [3.63, 3.8) is 0 Å². The summed E-state index contributed by atoms with van der Waals surface area (Å²) < 4.78 is 1.95. The molecule has 1 aliphatic rings. The van der Waals surface area contributed by atoms with Gasteiger partial charge in [0.05, 0.1) is 4.75 Å². The minimum absolute atomic E-state index is 0.133. The maximum atomic E-state index is 12.7. The molecule has 9 heteroatoms. The predicted molar refractivity (Wildman–Crippen MR) is 102 cm³/mol. The highest BCUT2D eigenvalue weighted by Crippen LogP contribution is 2.47. The van der Waals surface area contributed by atoms with Crippen molar-refractivity contribution in [1.82, 2.24) is 10.2 Å². The van der Waals surface area contributed by atoms with E-state index in [1.807, 2.05) is 7.05 Å². The van der Waals surface area contributed by atoms with E-state index < -0.39 is 22.2 Å². The number of halogens is 1. The number of nitrogens with zero attached hydrogens (tertiary/aromatic N) is 2. The lowest BCUT2D eigenvalue weighted by Crippen LogP contribution is -2.69. The number of hydrogen-bond acceptors (Lipinski definition) is 6. The molecule has 2 rings (SSSR count). The lowest BCUT2D eigenvalue weighted by atomic mass is 9.74. The number of likely N-dealkylation sites (tertiary alicyclic amines) is 1. The van der Waals surface area contributed by atoms with Gasteiger partial charge in [0.2, 0.25) is 0 Å².